The summed E-state index contributed by atoms with van der Waals surface area (Å²) in [7, 11) is 0. The number of nitrogens with zero attached hydrogens (tertiary/aromatic N) is 1. The number of benzene rings is 1. The third kappa shape index (κ3) is 2.78. The predicted octanol–water partition coefficient (Wildman–Crippen LogP) is 3.85. The van der Waals surface area contributed by atoms with Gasteiger partial charge in [0.1, 0.15) is 0 Å². The number of pyridine rings is 1. The summed E-state index contributed by atoms with van der Waals surface area (Å²) in [4.78, 5) is 4.74. The van der Waals surface area contributed by atoms with E-state index in [4.69, 9.17) is 0 Å². The Hall–Kier alpha value is -1.53. The third-order valence-corrected chi connectivity index (χ3v) is 4.88. The van der Waals surface area contributed by atoms with E-state index in [1.54, 1.807) is 0 Å². The summed E-state index contributed by atoms with van der Waals surface area (Å²) in [6.45, 7) is 0. The van der Waals surface area contributed by atoms with Crippen LogP contribution < -0.4 is 0 Å². The van der Waals surface area contributed by atoms with Crippen molar-refractivity contribution in [3.8, 4) is 0 Å². The van der Waals surface area contributed by atoms with Gasteiger partial charge in [0.05, 0.1) is 11.7 Å². The first-order chi connectivity index (χ1) is 9.97. The summed E-state index contributed by atoms with van der Waals surface area (Å²) < 4.78 is 39.0. The van der Waals surface area contributed by atoms with Gasteiger partial charge in [-0.25, -0.2) is 0 Å². The van der Waals surface area contributed by atoms with Gasteiger partial charge >= 0.3 is 6.18 Å². The van der Waals surface area contributed by atoms with Crippen LogP contribution in [-0.2, 0) is 12.6 Å². The summed E-state index contributed by atoms with van der Waals surface area (Å²) in [5.41, 5.74) is 0.0841. The van der Waals surface area contributed by atoms with Crippen LogP contribution in [0.3, 0.4) is 0 Å². The van der Waals surface area contributed by atoms with Crippen LogP contribution in [0.15, 0.2) is 47.6 Å². The summed E-state index contributed by atoms with van der Waals surface area (Å²) in [6.07, 6.45) is -2.94. The van der Waals surface area contributed by atoms with Gasteiger partial charge in [-0.15, -0.1) is 11.8 Å². The summed E-state index contributed by atoms with van der Waals surface area (Å²) in [5.74, 6) is 0. The van der Waals surface area contributed by atoms with Gasteiger partial charge in [0, 0.05) is 28.1 Å². The Kier molecular flexibility index (Phi) is 3.67. The Morgan fingerprint density at radius 3 is 2.71 bits per heavy atom. The van der Waals surface area contributed by atoms with E-state index in [2.05, 4.69) is 4.98 Å². The van der Waals surface area contributed by atoms with Gasteiger partial charge in [-0.3, -0.25) is 4.98 Å². The predicted molar refractivity (Wildman–Crippen MR) is 74.0 cm³/mol. The highest BCUT2D eigenvalue weighted by Crippen LogP contribution is 2.44. The molecule has 1 aromatic heterocycles. The number of hydrogen-bond donors (Lipinski definition) is 1. The molecule has 1 aliphatic heterocycles. The Balaban J connectivity index is 1.90. The Bertz CT molecular complexity index is 634. The molecule has 1 aromatic carbocycles. The zero-order chi connectivity index (χ0) is 15.0. The highest BCUT2D eigenvalue weighted by molar-refractivity contribution is 8.00. The topological polar surface area (TPSA) is 33.1 Å². The molecule has 0 saturated heterocycles. The Labute approximate surface area is 124 Å². The number of fused-ring (bicyclic) bond motifs is 1. The lowest BCUT2D eigenvalue weighted by Gasteiger charge is -2.21. The van der Waals surface area contributed by atoms with Gasteiger partial charge in [0.25, 0.3) is 0 Å². The molecular formula is C15H12F3NOS. The summed E-state index contributed by atoms with van der Waals surface area (Å²) >= 11 is 1.41. The van der Waals surface area contributed by atoms with Gasteiger partial charge < -0.3 is 5.11 Å². The number of aromatic nitrogens is 1. The molecule has 1 aliphatic rings. The van der Waals surface area contributed by atoms with E-state index in [0.717, 1.165) is 28.9 Å². The van der Waals surface area contributed by atoms with E-state index < -0.39 is 17.8 Å². The lowest BCUT2D eigenvalue weighted by molar-refractivity contribution is -0.139. The molecule has 110 valence electrons. The van der Waals surface area contributed by atoms with Crippen LogP contribution in [0.2, 0.25) is 0 Å². The molecule has 21 heavy (non-hydrogen) atoms. The van der Waals surface area contributed by atoms with Gasteiger partial charge in [0.15, 0.2) is 0 Å². The standard InChI is InChI=1S/C15H12F3NOS/c16-15(17,18)11-5-6-19-8-10(11)14(20)13-7-9-3-1-2-4-12(9)21-13/h1-6,8,13-14,20H,7H2. The number of rotatable bonds is 2. The molecule has 0 saturated carbocycles. The minimum absolute atomic E-state index is 0.157. The maximum atomic E-state index is 13.0. The van der Waals surface area contributed by atoms with E-state index in [1.807, 2.05) is 24.3 Å². The molecule has 2 atom stereocenters. The van der Waals surface area contributed by atoms with Gasteiger partial charge in [-0.2, -0.15) is 13.2 Å². The van der Waals surface area contributed by atoms with Crippen molar-refractivity contribution in [2.24, 2.45) is 0 Å². The van der Waals surface area contributed by atoms with Crippen LogP contribution in [0.4, 0.5) is 13.2 Å². The van der Waals surface area contributed by atoms with Crippen LogP contribution >= 0.6 is 11.8 Å². The lowest BCUT2D eigenvalue weighted by Crippen LogP contribution is -2.19. The van der Waals surface area contributed by atoms with Crippen LogP contribution in [0.1, 0.15) is 22.8 Å². The minimum atomic E-state index is -4.49. The fourth-order valence-electron chi connectivity index (χ4n) is 2.49. The van der Waals surface area contributed by atoms with Crippen molar-refractivity contribution in [1.82, 2.24) is 4.98 Å². The highest BCUT2D eigenvalue weighted by atomic mass is 32.2. The van der Waals surface area contributed by atoms with Crippen LogP contribution in [0, 0.1) is 0 Å². The first-order valence-corrected chi connectivity index (χ1v) is 7.28. The molecule has 0 fully saturated rings. The molecule has 0 radical (unpaired) electrons. The molecule has 2 heterocycles. The van der Waals surface area contributed by atoms with Gasteiger partial charge in [0.2, 0.25) is 0 Å². The van der Waals surface area contributed by atoms with Crippen molar-refractivity contribution in [2.75, 3.05) is 0 Å². The monoisotopic (exact) mass is 311 g/mol. The van der Waals surface area contributed by atoms with Crippen molar-refractivity contribution in [2.45, 2.75) is 28.8 Å². The fraction of sp³-hybridized carbons (Fsp3) is 0.267. The average Bonchev–Trinajstić information content (AvgIpc) is 2.89. The molecule has 2 unspecified atom stereocenters. The molecule has 6 heteroatoms. The van der Waals surface area contributed by atoms with Crippen molar-refractivity contribution in [3.05, 3.63) is 59.4 Å². The molecule has 1 N–H and O–H groups in total. The first kappa shape index (κ1) is 14.4. The highest BCUT2D eigenvalue weighted by Gasteiger charge is 2.38. The van der Waals surface area contributed by atoms with Gasteiger partial charge in [-0.1, -0.05) is 18.2 Å². The van der Waals surface area contributed by atoms with Crippen molar-refractivity contribution < 1.29 is 18.3 Å². The third-order valence-electron chi connectivity index (χ3n) is 3.50. The van der Waals surface area contributed by atoms with E-state index in [-0.39, 0.29) is 10.8 Å². The molecule has 2 nitrogen and oxygen atoms in total. The Morgan fingerprint density at radius 2 is 2.00 bits per heavy atom. The maximum absolute atomic E-state index is 13.0. The number of alkyl halides is 3. The van der Waals surface area contributed by atoms with Crippen molar-refractivity contribution >= 4 is 11.8 Å². The summed E-state index contributed by atoms with van der Waals surface area (Å²) in [6, 6.07) is 8.53. The summed E-state index contributed by atoms with van der Waals surface area (Å²) in [5, 5.41) is 10.0. The van der Waals surface area contributed by atoms with E-state index >= 15 is 0 Å². The quantitative estimate of drug-likeness (QED) is 0.914. The molecule has 0 bridgehead atoms. The normalized spacial score (nSPS) is 19.3. The minimum Gasteiger partial charge on any atom is -0.387 e. The second kappa shape index (κ2) is 5.35. The second-order valence-electron chi connectivity index (χ2n) is 4.87. The molecule has 0 spiro atoms. The maximum Gasteiger partial charge on any atom is 0.416 e. The van der Waals surface area contributed by atoms with Crippen LogP contribution in [0.5, 0.6) is 0 Å². The first-order valence-electron chi connectivity index (χ1n) is 6.40. The number of halogens is 3. The lowest BCUT2D eigenvalue weighted by atomic mass is 9.98. The smallest absolute Gasteiger partial charge is 0.387 e. The molecule has 0 aliphatic carbocycles. The molecule has 2 aromatic rings. The zero-order valence-electron chi connectivity index (χ0n) is 10.8. The fourth-order valence-corrected chi connectivity index (χ4v) is 3.81. The van der Waals surface area contributed by atoms with Gasteiger partial charge in [-0.05, 0) is 24.1 Å². The number of aliphatic hydroxyl groups excluding tert-OH is 1. The SMILES string of the molecule is OC(c1cnccc1C(F)(F)F)C1Cc2ccccc2S1. The van der Waals surface area contributed by atoms with E-state index in [0.29, 0.717) is 6.42 Å². The largest absolute Gasteiger partial charge is 0.416 e. The zero-order valence-corrected chi connectivity index (χ0v) is 11.7. The molecule has 0 amide bonds. The number of thioether (sulfide) groups is 1. The number of hydrogen-bond acceptors (Lipinski definition) is 3. The van der Waals surface area contributed by atoms with E-state index in [9.17, 15) is 18.3 Å². The second-order valence-corrected chi connectivity index (χ2v) is 6.15. The van der Waals surface area contributed by atoms with Crippen molar-refractivity contribution in [3.63, 3.8) is 0 Å². The average molecular weight is 311 g/mol. The van der Waals surface area contributed by atoms with E-state index in [1.165, 1.54) is 11.8 Å². The Morgan fingerprint density at radius 1 is 1.24 bits per heavy atom. The van der Waals surface area contributed by atoms with Crippen molar-refractivity contribution in [1.29, 1.82) is 0 Å². The molecule has 3 rings (SSSR count). The van der Waals surface area contributed by atoms with Crippen LogP contribution in [-0.4, -0.2) is 15.3 Å². The number of aliphatic hydroxyl groups is 1. The molecular weight excluding hydrogens is 299 g/mol. The van der Waals surface area contributed by atoms with Crippen LogP contribution in [0.25, 0.3) is 0 Å².